The van der Waals surface area contributed by atoms with Crippen LogP contribution in [0.25, 0.3) is 10.8 Å². The summed E-state index contributed by atoms with van der Waals surface area (Å²) in [5.41, 5.74) is 32.0. The van der Waals surface area contributed by atoms with Crippen molar-refractivity contribution in [1.82, 2.24) is 16.0 Å². The molecule has 0 radical (unpaired) electrons. The molecule has 4 amide bonds. The van der Waals surface area contributed by atoms with E-state index in [-0.39, 0.29) is 43.9 Å². The van der Waals surface area contributed by atoms with Crippen molar-refractivity contribution < 1.29 is 29.1 Å². The average Bonchev–Trinajstić information content (AvgIpc) is 3.12. The van der Waals surface area contributed by atoms with Gasteiger partial charge in [-0.2, -0.15) is 0 Å². The third-order valence-corrected chi connectivity index (χ3v) is 9.31. The minimum atomic E-state index is -1.46. The highest BCUT2D eigenvalue weighted by Crippen LogP contribution is 2.24. The summed E-state index contributed by atoms with van der Waals surface area (Å²) in [7, 11) is 3.85. The maximum absolute atomic E-state index is 14.0. The van der Waals surface area contributed by atoms with E-state index in [0.29, 0.717) is 24.9 Å². The van der Waals surface area contributed by atoms with E-state index in [1.165, 1.54) is 0 Å². The third-order valence-electron chi connectivity index (χ3n) is 9.31. The first kappa shape index (κ1) is 43.7. The van der Waals surface area contributed by atoms with Crippen molar-refractivity contribution in [3.05, 3.63) is 70.8 Å². The van der Waals surface area contributed by atoms with Gasteiger partial charge in [0.1, 0.15) is 23.9 Å². The number of primary amides is 1. The Labute approximate surface area is 321 Å². The summed E-state index contributed by atoms with van der Waals surface area (Å²) in [6.45, 7) is 4.10. The molecule has 0 fully saturated rings. The Morgan fingerprint density at radius 2 is 1.35 bits per heavy atom. The van der Waals surface area contributed by atoms with Gasteiger partial charge in [-0.05, 0) is 117 Å². The molecule has 0 heterocycles. The Bertz CT molecular complexity index is 1850. The Kier molecular flexibility index (Phi) is 16.4. The van der Waals surface area contributed by atoms with Gasteiger partial charge in [0.05, 0.1) is 6.04 Å². The normalized spacial score (nSPS) is 13.2. The van der Waals surface area contributed by atoms with Gasteiger partial charge in [-0.1, -0.05) is 18.2 Å². The van der Waals surface area contributed by atoms with Crippen molar-refractivity contribution in [3.63, 3.8) is 0 Å². The van der Waals surface area contributed by atoms with Gasteiger partial charge in [-0.3, -0.25) is 29.0 Å². The molecule has 3 aromatic carbocycles. The second kappa shape index (κ2) is 20.6. The summed E-state index contributed by atoms with van der Waals surface area (Å²) in [5, 5.41) is 19.6. The van der Waals surface area contributed by atoms with Crippen molar-refractivity contribution in [2.45, 2.75) is 83.0 Å². The number of carbonyl (C=O) groups is 5. The van der Waals surface area contributed by atoms with Crippen molar-refractivity contribution in [2.24, 2.45) is 33.7 Å². The number of aromatic hydroxyl groups is 1. The predicted octanol–water partition coefficient (Wildman–Crippen LogP) is 0.493. The lowest BCUT2D eigenvalue weighted by atomic mass is 9.95. The predicted molar refractivity (Wildman–Crippen MR) is 214 cm³/mol. The van der Waals surface area contributed by atoms with Crippen molar-refractivity contribution in [2.75, 3.05) is 32.1 Å². The van der Waals surface area contributed by atoms with E-state index in [1.807, 2.05) is 37.2 Å². The maximum Gasteiger partial charge on any atom is 0.243 e. The van der Waals surface area contributed by atoms with Crippen LogP contribution in [0.1, 0.15) is 65.6 Å². The van der Waals surface area contributed by atoms with Crippen LogP contribution in [0.4, 0.5) is 5.69 Å². The van der Waals surface area contributed by atoms with Gasteiger partial charge in [0.25, 0.3) is 0 Å². The van der Waals surface area contributed by atoms with Crippen LogP contribution in [-0.2, 0) is 25.6 Å². The van der Waals surface area contributed by atoms with Gasteiger partial charge in [-0.15, -0.1) is 0 Å². The van der Waals surface area contributed by atoms with Crippen LogP contribution >= 0.6 is 0 Å². The van der Waals surface area contributed by atoms with E-state index < -0.39 is 60.0 Å². The Morgan fingerprint density at radius 1 is 0.764 bits per heavy atom. The van der Waals surface area contributed by atoms with E-state index in [2.05, 4.69) is 20.9 Å². The molecule has 0 saturated carbocycles. The van der Waals surface area contributed by atoms with Crippen LogP contribution in [0.15, 0.2) is 53.5 Å². The summed E-state index contributed by atoms with van der Waals surface area (Å²) in [5.74, 6) is -3.53. The molecule has 4 atom stereocenters. The number of hydrogen-bond acceptors (Lipinski definition) is 10. The fourth-order valence-electron chi connectivity index (χ4n) is 6.18. The maximum atomic E-state index is 14.0. The summed E-state index contributed by atoms with van der Waals surface area (Å²) in [6, 6.07) is 9.23. The molecular formula is C39H56N10O6. The third kappa shape index (κ3) is 13.3. The number of guanidine groups is 1. The molecule has 298 valence electrons. The lowest BCUT2D eigenvalue weighted by Crippen LogP contribution is -2.58. The van der Waals surface area contributed by atoms with Crippen LogP contribution in [0.3, 0.4) is 0 Å². The number of unbranched alkanes of at least 4 members (excludes halogenated alkanes) is 1. The number of Topliss-reactive ketones (excluding diaryl/α,β-unsaturated/α-hetero) is 1. The smallest absolute Gasteiger partial charge is 0.243 e. The van der Waals surface area contributed by atoms with Gasteiger partial charge >= 0.3 is 0 Å². The molecule has 3 aromatic rings. The zero-order valence-electron chi connectivity index (χ0n) is 32.1. The van der Waals surface area contributed by atoms with Crippen LogP contribution in [0.5, 0.6) is 5.75 Å². The Morgan fingerprint density at radius 3 is 1.96 bits per heavy atom. The molecule has 16 nitrogen and oxygen atoms in total. The molecule has 0 saturated heterocycles. The Hall–Kier alpha value is -5.74. The molecule has 0 aliphatic rings. The fraction of sp³-hybridized carbons (Fsp3) is 0.436. The molecule has 0 aliphatic carbocycles. The highest BCUT2D eigenvalue weighted by Gasteiger charge is 2.32. The number of aryl methyl sites for hydroxylation is 2. The summed E-state index contributed by atoms with van der Waals surface area (Å²) < 4.78 is 0. The number of carbonyl (C=O) groups excluding carboxylic acids is 5. The Balaban J connectivity index is 1.90. The van der Waals surface area contributed by atoms with Gasteiger partial charge < -0.3 is 54.6 Å². The number of anilines is 1. The summed E-state index contributed by atoms with van der Waals surface area (Å²) in [4.78, 5) is 73.2. The first-order valence-electron chi connectivity index (χ1n) is 18.3. The van der Waals surface area contributed by atoms with Gasteiger partial charge in [0.2, 0.25) is 23.6 Å². The number of nitrogens with two attached hydrogens (primary N) is 5. The number of benzene rings is 3. The van der Waals surface area contributed by atoms with Crippen LogP contribution < -0.4 is 49.5 Å². The summed E-state index contributed by atoms with van der Waals surface area (Å²) >= 11 is 0. The van der Waals surface area contributed by atoms with E-state index >= 15 is 0 Å². The highest BCUT2D eigenvalue weighted by atomic mass is 16.3. The molecule has 3 rings (SSSR count). The minimum Gasteiger partial charge on any atom is -0.508 e. The molecule has 0 spiro atoms. The standard InChI is InChI=1S/C39H56N10O6/c1-22-16-28(50)17-23(2)29(22)20-30(41)36(53)47-32(9-7-15-45-39(43)44)37(54)48-33(38(55)46-31(35(42)52)8-5-6-14-40)21-34(51)26-11-10-25-19-27(49(3)4)13-12-24(25)18-26/h10-13,16-19,30-33,50H,5-9,14-15,20-21,40-41H2,1-4H3,(H2,42,52)(H,46,55)(H,47,53)(H,48,54)(H4,43,44,45)/t30-,31-,32+,33-/m0/s1. The van der Waals surface area contributed by atoms with Crippen molar-refractivity contribution >= 4 is 51.8 Å². The first-order valence-corrected chi connectivity index (χ1v) is 18.3. The number of nitrogens with one attached hydrogen (secondary N) is 3. The number of amides is 4. The quantitative estimate of drug-likeness (QED) is 0.0312. The van der Waals surface area contributed by atoms with E-state index in [0.717, 1.165) is 33.2 Å². The lowest BCUT2D eigenvalue weighted by Gasteiger charge is -2.25. The fourth-order valence-corrected chi connectivity index (χ4v) is 6.18. The van der Waals surface area contributed by atoms with E-state index in [4.69, 9.17) is 28.7 Å². The summed E-state index contributed by atoms with van der Waals surface area (Å²) in [6.07, 6.45) is 1.24. The lowest BCUT2D eigenvalue weighted by molar-refractivity contribution is -0.133. The molecule has 16 heteroatoms. The zero-order chi connectivity index (χ0) is 40.8. The number of ketones is 1. The monoisotopic (exact) mass is 760 g/mol. The number of fused-ring (bicyclic) bond motifs is 1. The topological polar surface area (TPSA) is 287 Å². The SMILES string of the molecule is Cc1cc(O)cc(C)c1C[C@H](N)C(=O)N[C@H](CCCN=C(N)N)C(=O)N[C@@H](CC(=O)c1ccc2cc(N(C)C)ccc2c1)C(=O)N[C@@H](CCCCN)C(N)=O. The van der Waals surface area contributed by atoms with Crippen LogP contribution in [-0.4, -0.2) is 91.8 Å². The number of nitrogens with zero attached hydrogens (tertiary/aromatic N) is 2. The number of hydrogen-bond donors (Lipinski definition) is 9. The molecule has 0 bridgehead atoms. The van der Waals surface area contributed by atoms with Gasteiger partial charge in [-0.25, -0.2) is 0 Å². The molecular weight excluding hydrogens is 704 g/mol. The highest BCUT2D eigenvalue weighted by molar-refractivity contribution is 6.04. The number of phenols is 1. The molecule has 0 aliphatic heterocycles. The molecule has 14 N–H and O–H groups in total. The number of rotatable bonds is 21. The molecule has 0 aromatic heterocycles. The first-order chi connectivity index (χ1) is 26.0. The van der Waals surface area contributed by atoms with Crippen LogP contribution in [0.2, 0.25) is 0 Å². The van der Waals surface area contributed by atoms with E-state index in [9.17, 15) is 29.1 Å². The van der Waals surface area contributed by atoms with Crippen LogP contribution in [0, 0.1) is 13.8 Å². The average molecular weight is 761 g/mol. The second-order valence-corrected chi connectivity index (χ2v) is 14.0. The van der Waals surface area contributed by atoms with Gasteiger partial charge in [0, 0.05) is 38.3 Å². The van der Waals surface area contributed by atoms with Crippen molar-refractivity contribution in [3.8, 4) is 5.75 Å². The van der Waals surface area contributed by atoms with E-state index in [1.54, 1.807) is 44.2 Å². The second-order valence-electron chi connectivity index (χ2n) is 14.0. The molecule has 55 heavy (non-hydrogen) atoms. The minimum absolute atomic E-state index is 0.0449. The molecule has 0 unspecified atom stereocenters. The largest absolute Gasteiger partial charge is 0.508 e. The number of aliphatic imine (C=N–C) groups is 1. The number of phenolic OH excluding ortho intramolecular Hbond substituents is 1. The van der Waals surface area contributed by atoms with Gasteiger partial charge in [0.15, 0.2) is 11.7 Å². The zero-order valence-corrected chi connectivity index (χ0v) is 32.1. The van der Waals surface area contributed by atoms with Crippen molar-refractivity contribution in [1.29, 1.82) is 0 Å².